The van der Waals surface area contributed by atoms with Gasteiger partial charge in [0.15, 0.2) is 5.16 Å². The highest BCUT2D eigenvalue weighted by Crippen LogP contribution is 2.38. The van der Waals surface area contributed by atoms with E-state index in [1.165, 1.54) is 24.5 Å². The van der Waals surface area contributed by atoms with Crippen LogP contribution in [0.5, 0.6) is 0 Å². The minimum Gasteiger partial charge on any atom is -0.324 e. The number of rotatable bonds is 4. The normalized spacial score (nSPS) is 11.3. The molecule has 0 unspecified atom stereocenters. The fraction of sp³-hybridized carbons (Fsp3) is 0.154. The van der Waals surface area contributed by atoms with E-state index in [-0.39, 0.29) is 10.8 Å². The Labute approximate surface area is 133 Å². The highest BCUT2D eigenvalue weighted by atomic mass is 35.5. The van der Waals surface area contributed by atoms with Crippen LogP contribution in [0.1, 0.15) is 5.56 Å². The van der Waals surface area contributed by atoms with Crippen LogP contribution < -0.4 is 5.32 Å². The van der Waals surface area contributed by atoms with Crippen molar-refractivity contribution in [3.05, 3.63) is 47.2 Å². The van der Waals surface area contributed by atoms with Gasteiger partial charge in [0.25, 0.3) is 0 Å². The van der Waals surface area contributed by atoms with Gasteiger partial charge >= 0.3 is 6.18 Å². The fourth-order valence-corrected chi connectivity index (χ4v) is 2.38. The number of halogens is 4. The maximum Gasteiger partial charge on any atom is 0.418 e. The van der Waals surface area contributed by atoms with Gasteiger partial charge in [0.1, 0.15) is 0 Å². The average Bonchev–Trinajstić information content (AvgIpc) is 2.47. The predicted octanol–water partition coefficient (Wildman–Crippen LogP) is 3.88. The number of alkyl halides is 3. The summed E-state index contributed by atoms with van der Waals surface area (Å²) in [5.74, 6) is -0.761. The predicted molar refractivity (Wildman–Crippen MR) is 77.8 cm³/mol. The Balaban J connectivity index is 2.09. The summed E-state index contributed by atoms with van der Waals surface area (Å²) in [5, 5.41) is 2.37. The molecule has 1 aromatic heterocycles. The summed E-state index contributed by atoms with van der Waals surface area (Å²) in [5.41, 5.74) is -1.44. The van der Waals surface area contributed by atoms with Gasteiger partial charge in [-0.25, -0.2) is 9.97 Å². The molecule has 4 nitrogen and oxygen atoms in total. The quantitative estimate of drug-likeness (QED) is 0.673. The van der Waals surface area contributed by atoms with Crippen molar-refractivity contribution in [3.8, 4) is 0 Å². The summed E-state index contributed by atoms with van der Waals surface area (Å²) in [7, 11) is 0. The molecule has 0 bridgehead atoms. The first-order chi connectivity index (χ1) is 10.4. The van der Waals surface area contributed by atoms with Crippen molar-refractivity contribution in [2.75, 3.05) is 11.1 Å². The molecule has 1 amide bonds. The lowest BCUT2D eigenvalue weighted by Gasteiger charge is -2.14. The number of hydrogen-bond donors (Lipinski definition) is 1. The van der Waals surface area contributed by atoms with Crippen molar-refractivity contribution in [1.29, 1.82) is 0 Å². The summed E-state index contributed by atoms with van der Waals surface area (Å²) in [6, 6.07) is 4.92. The van der Waals surface area contributed by atoms with Gasteiger partial charge in [0.2, 0.25) is 5.91 Å². The second-order valence-corrected chi connectivity index (χ2v) is 5.38. The highest BCUT2D eigenvalue weighted by molar-refractivity contribution is 7.99. The summed E-state index contributed by atoms with van der Waals surface area (Å²) < 4.78 is 38.7. The van der Waals surface area contributed by atoms with Gasteiger partial charge in [-0.1, -0.05) is 29.4 Å². The molecule has 2 aromatic rings. The van der Waals surface area contributed by atoms with E-state index in [0.29, 0.717) is 5.16 Å². The first kappa shape index (κ1) is 16.6. The van der Waals surface area contributed by atoms with Crippen molar-refractivity contribution < 1.29 is 18.0 Å². The molecular formula is C13H9ClF3N3OS. The van der Waals surface area contributed by atoms with Crippen molar-refractivity contribution in [2.45, 2.75) is 11.3 Å². The van der Waals surface area contributed by atoms with E-state index in [1.807, 2.05) is 0 Å². The van der Waals surface area contributed by atoms with E-state index in [0.717, 1.165) is 17.8 Å². The molecule has 0 aliphatic heterocycles. The SMILES string of the molecule is O=C(CSc1ncccn1)Nc1c(Cl)cccc1C(F)(F)F. The second-order valence-electron chi connectivity index (χ2n) is 4.03. The molecule has 116 valence electrons. The molecular weight excluding hydrogens is 339 g/mol. The van der Waals surface area contributed by atoms with Gasteiger partial charge in [-0.05, 0) is 18.2 Å². The van der Waals surface area contributed by atoms with Crippen LogP contribution >= 0.6 is 23.4 Å². The Hall–Kier alpha value is -1.80. The lowest BCUT2D eigenvalue weighted by atomic mass is 10.1. The van der Waals surface area contributed by atoms with Gasteiger partial charge < -0.3 is 5.32 Å². The highest BCUT2D eigenvalue weighted by Gasteiger charge is 2.34. The molecule has 0 aliphatic carbocycles. The first-order valence-electron chi connectivity index (χ1n) is 5.93. The van der Waals surface area contributed by atoms with E-state index >= 15 is 0 Å². The van der Waals surface area contributed by atoms with Crippen LogP contribution in [0.4, 0.5) is 18.9 Å². The number of benzene rings is 1. The number of carbonyl (C=O) groups excluding carboxylic acids is 1. The molecule has 0 saturated carbocycles. The molecule has 22 heavy (non-hydrogen) atoms. The van der Waals surface area contributed by atoms with Gasteiger partial charge in [0.05, 0.1) is 22.0 Å². The number of amides is 1. The molecule has 0 fully saturated rings. The molecule has 0 atom stereocenters. The molecule has 2 rings (SSSR count). The van der Waals surface area contributed by atoms with E-state index in [1.54, 1.807) is 6.07 Å². The second kappa shape index (κ2) is 6.97. The summed E-state index contributed by atoms with van der Waals surface area (Å²) >= 11 is 6.76. The molecule has 0 saturated heterocycles. The summed E-state index contributed by atoms with van der Waals surface area (Å²) in [4.78, 5) is 19.6. The van der Waals surface area contributed by atoms with Gasteiger partial charge in [-0.15, -0.1) is 0 Å². The number of carbonyl (C=O) groups is 1. The molecule has 1 aromatic carbocycles. The van der Waals surface area contributed by atoms with E-state index in [4.69, 9.17) is 11.6 Å². The Morgan fingerprint density at radius 3 is 2.55 bits per heavy atom. The lowest BCUT2D eigenvalue weighted by molar-refractivity contribution is -0.137. The van der Waals surface area contributed by atoms with Gasteiger partial charge in [-0.3, -0.25) is 4.79 Å². The van der Waals surface area contributed by atoms with Crippen LogP contribution in [-0.4, -0.2) is 21.6 Å². The number of thioether (sulfide) groups is 1. The van der Waals surface area contributed by atoms with Crippen LogP contribution in [0.15, 0.2) is 41.8 Å². The fourth-order valence-electron chi connectivity index (χ4n) is 1.55. The molecule has 0 spiro atoms. The van der Waals surface area contributed by atoms with Crippen molar-refractivity contribution in [3.63, 3.8) is 0 Å². The van der Waals surface area contributed by atoms with Crippen molar-refractivity contribution in [2.24, 2.45) is 0 Å². The zero-order valence-electron chi connectivity index (χ0n) is 10.9. The smallest absolute Gasteiger partial charge is 0.324 e. The topological polar surface area (TPSA) is 54.9 Å². The van der Waals surface area contributed by atoms with Crippen molar-refractivity contribution >= 4 is 35.0 Å². The maximum absolute atomic E-state index is 12.9. The van der Waals surface area contributed by atoms with Crippen LogP contribution in [-0.2, 0) is 11.0 Å². The van der Waals surface area contributed by atoms with Crippen LogP contribution in [0.25, 0.3) is 0 Å². The first-order valence-corrected chi connectivity index (χ1v) is 7.29. The Kier molecular flexibility index (Phi) is 5.25. The standard InChI is InChI=1S/C13H9ClF3N3OS/c14-9-4-1-3-8(13(15,16)17)11(9)20-10(21)7-22-12-18-5-2-6-19-12/h1-6H,7H2,(H,20,21). The number of anilines is 1. The Morgan fingerprint density at radius 1 is 1.23 bits per heavy atom. The zero-order chi connectivity index (χ0) is 16.2. The van der Waals surface area contributed by atoms with Gasteiger partial charge in [0, 0.05) is 12.4 Å². The largest absolute Gasteiger partial charge is 0.418 e. The van der Waals surface area contributed by atoms with E-state index in [2.05, 4.69) is 15.3 Å². The third-order valence-corrected chi connectivity index (χ3v) is 3.65. The van der Waals surface area contributed by atoms with Crippen molar-refractivity contribution in [1.82, 2.24) is 9.97 Å². The molecule has 9 heteroatoms. The Morgan fingerprint density at radius 2 is 1.91 bits per heavy atom. The molecule has 1 N–H and O–H groups in total. The monoisotopic (exact) mass is 347 g/mol. The Bertz CT molecular complexity index is 667. The molecule has 0 aliphatic rings. The third kappa shape index (κ3) is 4.35. The third-order valence-electron chi connectivity index (χ3n) is 2.46. The average molecular weight is 348 g/mol. The number of aromatic nitrogens is 2. The number of nitrogens with one attached hydrogen (secondary N) is 1. The van der Waals surface area contributed by atoms with Crippen LogP contribution in [0.2, 0.25) is 5.02 Å². The summed E-state index contributed by atoms with van der Waals surface area (Å²) in [6.45, 7) is 0. The minimum absolute atomic E-state index is 0.132. The van der Waals surface area contributed by atoms with Gasteiger partial charge in [-0.2, -0.15) is 13.2 Å². The molecule has 0 radical (unpaired) electrons. The van der Waals surface area contributed by atoms with E-state index in [9.17, 15) is 18.0 Å². The maximum atomic E-state index is 12.9. The zero-order valence-corrected chi connectivity index (χ0v) is 12.5. The van der Waals surface area contributed by atoms with E-state index < -0.39 is 23.3 Å². The number of nitrogens with zero attached hydrogens (tertiary/aromatic N) is 2. The number of para-hydroxylation sites is 1. The van der Waals surface area contributed by atoms with Crippen LogP contribution in [0.3, 0.4) is 0 Å². The van der Waals surface area contributed by atoms with Crippen LogP contribution in [0, 0.1) is 0 Å². The lowest BCUT2D eigenvalue weighted by Crippen LogP contribution is -2.18. The summed E-state index contributed by atoms with van der Waals surface area (Å²) in [6.07, 6.45) is -1.60. The minimum atomic E-state index is -4.61. The number of hydrogen-bond acceptors (Lipinski definition) is 4. The molecule has 1 heterocycles.